The van der Waals surface area contributed by atoms with Crippen LogP contribution in [-0.4, -0.2) is 29.9 Å². The summed E-state index contributed by atoms with van der Waals surface area (Å²) in [6, 6.07) is 12.7. The highest BCUT2D eigenvalue weighted by Crippen LogP contribution is 2.36. The molecule has 1 saturated heterocycles. The molecule has 0 radical (unpaired) electrons. The molecule has 0 aliphatic carbocycles. The van der Waals surface area contributed by atoms with Crippen LogP contribution in [0.4, 0.5) is 0 Å². The predicted octanol–water partition coefficient (Wildman–Crippen LogP) is 3.32. The second-order valence-corrected chi connectivity index (χ2v) is 9.41. The molecule has 7 heteroatoms. The Bertz CT molecular complexity index is 1520. The number of hydrogen-bond donors (Lipinski definition) is 0. The highest BCUT2D eigenvalue weighted by Gasteiger charge is 2.38. The largest absolute Gasteiger partial charge is 0.549 e. The van der Waals surface area contributed by atoms with E-state index in [-0.39, 0.29) is 38.3 Å². The van der Waals surface area contributed by atoms with Crippen molar-refractivity contribution in [3.05, 3.63) is 80.9 Å². The number of aryl methyl sites for hydroxylation is 3. The number of hydrogen-bond acceptors (Lipinski definition) is 6. The number of benzene rings is 2. The van der Waals surface area contributed by atoms with Gasteiger partial charge in [-0.15, -0.1) is 0 Å². The van der Waals surface area contributed by atoms with E-state index in [0.717, 1.165) is 22.1 Å². The minimum atomic E-state index is -1.13. The molecule has 0 atom stereocenters. The van der Waals surface area contributed by atoms with Crippen molar-refractivity contribution < 1.29 is 23.5 Å². The molecule has 4 aromatic rings. The van der Waals surface area contributed by atoms with Gasteiger partial charge in [0.1, 0.15) is 16.9 Å². The maximum Gasteiger partial charge on any atom is 0.340 e. The summed E-state index contributed by atoms with van der Waals surface area (Å²) in [5, 5.41) is 13.8. The Kier molecular flexibility index (Phi) is 5.50. The van der Waals surface area contributed by atoms with Crippen LogP contribution in [0, 0.1) is 20.8 Å². The van der Waals surface area contributed by atoms with Crippen LogP contribution in [0.1, 0.15) is 40.9 Å². The van der Waals surface area contributed by atoms with Gasteiger partial charge in [0.05, 0.1) is 18.0 Å². The number of carbonyl (C=O) groups excluding carboxylic acids is 2. The molecule has 35 heavy (non-hydrogen) atoms. The van der Waals surface area contributed by atoms with Gasteiger partial charge in [-0.1, -0.05) is 30.3 Å². The molecule has 0 N–H and O–H groups in total. The Labute approximate surface area is 201 Å². The van der Waals surface area contributed by atoms with E-state index >= 15 is 0 Å². The van der Waals surface area contributed by atoms with Crippen LogP contribution in [0.5, 0.6) is 0 Å². The molecule has 7 nitrogen and oxygen atoms in total. The van der Waals surface area contributed by atoms with Crippen LogP contribution in [0.2, 0.25) is 0 Å². The molecule has 1 aliphatic rings. The average Bonchev–Trinajstić information content (AvgIpc) is 3.13. The molecule has 0 spiro atoms. The molecule has 5 rings (SSSR count). The van der Waals surface area contributed by atoms with E-state index in [1.807, 2.05) is 32.9 Å². The normalized spacial score (nSPS) is 15.6. The van der Waals surface area contributed by atoms with E-state index in [0.29, 0.717) is 27.9 Å². The number of carboxylic acid groups (broad SMARTS) is 1. The summed E-state index contributed by atoms with van der Waals surface area (Å²) in [5.41, 5.74) is 2.14. The Morgan fingerprint density at radius 1 is 0.943 bits per heavy atom. The predicted molar refractivity (Wildman–Crippen MR) is 129 cm³/mol. The second-order valence-electron chi connectivity index (χ2n) is 9.41. The van der Waals surface area contributed by atoms with E-state index < -0.39 is 17.0 Å². The molecule has 1 amide bonds. The fourth-order valence-electron chi connectivity index (χ4n) is 5.20. The third-order valence-corrected chi connectivity index (χ3v) is 7.60. The van der Waals surface area contributed by atoms with Gasteiger partial charge in [0.15, 0.2) is 0 Å². The minimum absolute atomic E-state index is 0.102. The molecular weight excluding hydrogens is 446 g/mol. The fourth-order valence-corrected chi connectivity index (χ4v) is 5.20. The van der Waals surface area contributed by atoms with Gasteiger partial charge in [-0.05, 0) is 56.4 Å². The molecule has 0 saturated carbocycles. The lowest BCUT2D eigenvalue weighted by atomic mass is 9.73. The SMILES string of the molecule is Cc1oc2cc3oc(=O)c(CC(=O)N4CCC(C(=O)[O-])(c5ccccc5)CC4)c(C)c3cc2c1C. The van der Waals surface area contributed by atoms with Gasteiger partial charge in [0.2, 0.25) is 5.91 Å². The Hall–Kier alpha value is -3.87. The van der Waals surface area contributed by atoms with Crippen molar-refractivity contribution in [1.82, 2.24) is 4.90 Å². The van der Waals surface area contributed by atoms with Crippen molar-refractivity contribution in [2.24, 2.45) is 0 Å². The summed E-state index contributed by atoms with van der Waals surface area (Å²) in [6.45, 7) is 6.23. The summed E-state index contributed by atoms with van der Waals surface area (Å²) in [5.74, 6) is -0.548. The number of furan rings is 1. The van der Waals surface area contributed by atoms with Crippen molar-refractivity contribution in [3.8, 4) is 0 Å². The lowest BCUT2D eigenvalue weighted by Gasteiger charge is -2.43. The van der Waals surface area contributed by atoms with E-state index in [1.165, 1.54) is 0 Å². The van der Waals surface area contributed by atoms with Gasteiger partial charge in [-0.25, -0.2) is 4.79 Å². The molecule has 3 heterocycles. The molecule has 2 aromatic carbocycles. The zero-order chi connectivity index (χ0) is 24.9. The number of piperidine rings is 1. The van der Waals surface area contributed by atoms with Gasteiger partial charge in [-0.3, -0.25) is 4.79 Å². The number of carboxylic acids is 1. The zero-order valence-corrected chi connectivity index (χ0v) is 20.0. The molecule has 1 aliphatic heterocycles. The average molecular weight is 473 g/mol. The highest BCUT2D eigenvalue weighted by molar-refractivity contribution is 5.97. The second kappa shape index (κ2) is 8.41. The maximum absolute atomic E-state index is 13.2. The van der Waals surface area contributed by atoms with Gasteiger partial charge in [0.25, 0.3) is 0 Å². The first-order chi connectivity index (χ1) is 16.7. The molecule has 2 aromatic heterocycles. The van der Waals surface area contributed by atoms with E-state index in [2.05, 4.69) is 0 Å². The van der Waals surface area contributed by atoms with Crippen molar-refractivity contribution >= 4 is 33.8 Å². The number of likely N-dealkylation sites (tertiary alicyclic amines) is 1. The lowest BCUT2D eigenvalue weighted by molar-refractivity contribution is -0.315. The van der Waals surface area contributed by atoms with Crippen molar-refractivity contribution in [2.45, 2.75) is 45.4 Å². The molecule has 180 valence electrons. The number of aliphatic carboxylic acids is 1. The monoisotopic (exact) mass is 472 g/mol. The Balaban J connectivity index is 1.41. The first kappa shape index (κ1) is 22.9. The number of rotatable bonds is 4. The summed E-state index contributed by atoms with van der Waals surface area (Å²) in [6.07, 6.45) is 0.413. The molecule has 0 bridgehead atoms. The van der Waals surface area contributed by atoms with Crippen LogP contribution < -0.4 is 10.7 Å². The fraction of sp³-hybridized carbons (Fsp3) is 0.321. The van der Waals surface area contributed by atoms with Gasteiger partial charge in [0, 0.05) is 35.3 Å². The smallest absolute Gasteiger partial charge is 0.340 e. The summed E-state index contributed by atoms with van der Waals surface area (Å²) >= 11 is 0. The topological polar surface area (TPSA) is 104 Å². The van der Waals surface area contributed by atoms with Crippen LogP contribution >= 0.6 is 0 Å². The van der Waals surface area contributed by atoms with Gasteiger partial charge < -0.3 is 23.6 Å². The number of amides is 1. The van der Waals surface area contributed by atoms with E-state index in [9.17, 15) is 19.5 Å². The van der Waals surface area contributed by atoms with Crippen LogP contribution in [-0.2, 0) is 21.4 Å². The first-order valence-corrected chi connectivity index (χ1v) is 11.7. The molecule has 1 fully saturated rings. The van der Waals surface area contributed by atoms with E-state index in [4.69, 9.17) is 8.83 Å². The quantitative estimate of drug-likeness (QED) is 0.422. The van der Waals surface area contributed by atoms with E-state index in [1.54, 1.807) is 35.2 Å². The van der Waals surface area contributed by atoms with Crippen LogP contribution in [0.3, 0.4) is 0 Å². The lowest BCUT2D eigenvalue weighted by Crippen LogP contribution is -2.54. The van der Waals surface area contributed by atoms with Gasteiger partial charge in [-0.2, -0.15) is 0 Å². The number of fused-ring (bicyclic) bond motifs is 2. The molecule has 0 unspecified atom stereocenters. The Morgan fingerprint density at radius 3 is 2.23 bits per heavy atom. The minimum Gasteiger partial charge on any atom is -0.549 e. The van der Waals surface area contributed by atoms with Crippen LogP contribution in [0.25, 0.3) is 21.9 Å². The molecular formula is C28H26NO6-. The highest BCUT2D eigenvalue weighted by atomic mass is 16.4. The summed E-state index contributed by atoms with van der Waals surface area (Å²) < 4.78 is 11.3. The number of carbonyl (C=O) groups is 2. The van der Waals surface area contributed by atoms with Crippen molar-refractivity contribution in [3.63, 3.8) is 0 Å². The summed E-state index contributed by atoms with van der Waals surface area (Å²) in [4.78, 5) is 39.7. The first-order valence-electron chi connectivity index (χ1n) is 11.7. The van der Waals surface area contributed by atoms with Crippen molar-refractivity contribution in [2.75, 3.05) is 13.1 Å². The summed E-state index contributed by atoms with van der Waals surface area (Å²) in [7, 11) is 0. The third kappa shape index (κ3) is 3.71. The Morgan fingerprint density at radius 2 is 1.57 bits per heavy atom. The third-order valence-electron chi connectivity index (χ3n) is 7.60. The van der Waals surface area contributed by atoms with Gasteiger partial charge >= 0.3 is 5.63 Å². The standard InChI is InChI=1S/C28H27NO6/c1-16-18(3)34-23-15-24-21(13-20(16)23)17(2)22(26(31)35-24)14-25(30)29-11-9-28(10-12-29,27(32)33)19-7-5-4-6-8-19/h4-8,13,15H,9-12,14H2,1-3H3,(H,32,33)/p-1. The van der Waals surface area contributed by atoms with Crippen molar-refractivity contribution in [1.29, 1.82) is 0 Å². The zero-order valence-electron chi connectivity index (χ0n) is 20.0. The maximum atomic E-state index is 13.2. The van der Waals surface area contributed by atoms with Crippen LogP contribution in [0.15, 0.2) is 56.1 Å². The number of nitrogens with zero attached hydrogens (tertiary/aromatic N) is 1.